The quantitative estimate of drug-likeness (QED) is 0.749. The van der Waals surface area contributed by atoms with E-state index >= 15 is 0 Å². The van der Waals surface area contributed by atoms with E-state index in [4.69, 9.17) is 4.74 Å². The molecule has 1 saturated heterocycles. The van der Waals surface area contributed by atoms with Crippen molar-refractivity contribution in [2.24, 2.45) is 0 Å². The Morgan fingerprint density at radius 1 is 1.30 bits per heavy atom. The number of aromatic amines is 2. The number of amides is 1. The summed E-state index contributed by atoms with van der Waals surface area (Å²) in [5.74, 6) is -0.0941. The van der Waals surface area contributed by atoms with Crippen molar-refractivity contribution in [1.29, 1.82) is 0 Å². The number of carbonyl (C=O) groups is 1. The molecule has 1 fully saturated rings. The number of H-pyrrole nitrogens is 2. The van der Waals surface area contributed by atoms with Crippen LogP contribution in [0, 0.1) is 0 Å². The number of nitrogens with zero attached hydrogens (tertiary/aromatic N) is 4. The minimum Gasteiger partial charge on any atom is -0.379 e. The molecule has 2 aromatic heterocycles. The third-order valence-electron chi connectivity index (χ3n) is 4.34. The minimum absolute atomic E-state index is 0.00732. The fourth-order valence-corrected chi connectivity index (χ4v) is 3.13. The van der Waals surface area contributed by atoms with Gasteiger partial charge in [-0.25, -0.2) is 0 Å². The summed E-state index contributed by atoms with van der Waals surface area (Å²) in [6.07, 6.45) is 1.57. The lowest BCUT2D eigenvalue weighted by Crippen LogP contribution is -2.30. The van der Waals surface area contributed by atoms with Gasteiger partial charge in [0, 0.05) is 25.6 Å². The van der Waals surface area contributed by atoms with Crippen molar-refractivity contribution in [3.63, 3.8) is 0 Å². The number of ether oxygens (including phenoxy) is 1. The van der Waals surface area contributed by atoms with Crippen molar-refractivity contribution < 1.29 is 9.53 Å². The number of hydrogen-bond acceptors (Lipinski definition) is 5. The molecular formula is C15H16N6O2. The Morgan fingerprint density at radius 2 is 2.17 bits per heavy atom. The zero-order chi connectivity index (χ0) is 15.8. The number of methoxy groups -OCH3 is 1. The fourth-order valence-electron chi connectivity index (χ4n) is 3.13. The van der Waals surface area contributed by atoms with E-state index in [9.17, 15) is 4.79 Å². The third kappa shape index (κ3) is 2.27. The van der Waals surface area contributed by atoms with E-state index < -0.39 is 0 Å². The Balaban J connectivity index is 1.62. The van der Waals surface area contributed by atoms with Gasteiger partial charge in [-0.05, 0) is 6.07 Å². The molecule has 0 spiro atoms. The number of rotatable bonds is 3. The second-order valence-electron chi connectivity index (χ2n) is 5.60. The molecule has 23 heavy (non-hydrogen) atoms. The number of likely N-dealkylation sites (tertiary alicyclic amines) is 1. The monoisotopic (exact) mass is 312 g/mol. The number of aromatic nitrogens is 5. The highest BCUT2D eigenvalue weighted by Gasteiger charge is 2.38. The van der Waals surface area contributed by atoms with Gasteiger partial charge in [0.1, 0.15) is 0 Å². The first-order chi connectivity index (χ1) is 11.3. The molecule has 3 aromatic rings. The Labute approximate surface area is 131 Å². The molecule has 0 aliphatic carbocycles. The van der Waals surface area contributed by atoms with Crippen molar-refractivity contribution in [3.05, 3.63) is 41.9 Å². The summed E-state index contributed by atoms with van der Waals surface area (Å²) in [5.41, 5.74) is 2.10. The van der Waals surface area contributed by atoms with Crippen molar-refractivity contribution in [2.45, 2.75) is 12.0 Å². The van der Waals surface area contributed by atoms with Crippen LogP contribution >= 0.6 is 0 Å². The van der Waals surface area contributed by atoms with Crippen LogP contribution < -0.4 is 0 Å². The van der Waals surface area contributed by atoms with Gasteiger partial charge in [-0.2, -0.15) is 20.5 Å². The lowest BCUT2D eigenvalue weighted by atomic mass is 10.0. The van der Waals surface area contributed by atoms with E-state index in [1.54, 1.807) is 18.2 Å². The van der Waals surface area contributed by atoms with Crippen LogP contribution in [-0.4, -0.2) is 62.7 Å². The lowest BCUT2D eigenvalue weighted by Gasteiger charge is -2.14. The summed E-state index contributed by atoms with van der Waals surface area (Å²) in [6.45, 7) is 1.04. The topological polar surface area (TPSA) is 99.8 Å². The maximum absolute atomic E-state index is 12.8. The molecule has 1 amide bonds. The molecule has 2 N–H and O–H groups in total. The van der Waals surface area contributed by atoms with Crippen LogP contribution in [0.3, 0.4) is 0 Å². The standard InChI is InChI=1S/C15H16N6O2/c1-23-13-8-21(7-10(13)12-6-16-20-18-12)15(22)14-9-4-2-3-5-11(9)17-19-14/h2-6,10,13H,7-8H2,1H3,(H,17,19)(H,16,18,20)/t10-,13+/m0/s1. The number of para-hydroxylation sites is 1. The van der Waals surface area contributed by atoms with Crippen LogP contribution in [0.1, 0.15) is 22.1 Å². The number of fused-ring (bicyclic) bond motifs is 1. The average Bonchev–Trinajstić information content (AvgIpc) is 3.31. The van der Waals surface area contributed by atoms with E-state index in [-0.39, 0.29) is 17.9 Å². The molecule has 118 valence electrons. The van der Waals surface area contributed by atoms with Crippen molar-refractivity contribution in [2.75, 3.05) is 20.2 Å². The fraction of sp³-hybridized carbons (Fsp3) is 0.333. The van der Waals surface area contributed by atoms with Crippen molar-refractivity contribution >= 4 is 16.8 Å². The van der Waals surface area contributed by atoms with Gasteiger partial charge in [0.25, 0.3) is 5.91 Å². The van der Waals surface area contributed by atoms with Gasteiger partial charge >= 0.3 is 0 Å². The highest BCUT2D eigenvalue weighted by molar-refractivity contribution is 6.04. The van der Waals surface area contributed by atoms with E-state index in [0.29, 0.717) is 18.8 Å². The number of benzene rings is 1. The molecule has 3 heterocycles. The number of nitrogens with one attached hydrogen (secondary N) is 2. The number of hydrogen-bond donors (Lipinski definition) is 2. The molecule has 0 saturated carbocycles. The van der Waals surface area contributed by atoms with E-state index in [2.05, 4.69) is 25.6 Å². The lowest BCUT2D eigenvalue weighted by molar-refractivity contribution is 0.0711. The molecule has 8 heteroatoms. The van der Waals surface area contributed by atoms with Crippen molar-refractivity contribution in [1.82, 2.24) is 30.5 Å². The Morgan fingerprint density at radius 3 is 2.96 bits per heavy atom. The first kappa shape index (κ1) is 13.9. The second-order valence-corrected chi connectivity index (χ2v) is 5.60. The smallest absolute Gasteiger partial charge is 0.275 e. The third-order valence-corrected chi connectivity index (χ3v) is 4.34. The maximum atomic E-state index is 12.8. The largest absolute Gasteiger partial charge is 0.379 e. The highest BCUT2D eigenvalue weighted by atomic mass is 16.5. The van der Waals surface area contributed by atoms with E-state index in [1.807, 2.05) is 24.3 Å². The van der Waals surface area contributed by atoms with E-state index in [0.717, 1.165) is 16.6 Å². The second kappa shape index (κ2) is 5.47. The predicted octanol–water partition coefficient (Wildman–Crippen LogP) is 0.936. The first-order valence-electron chi connectivity index (χ1n) is 7.38. The van der Waals surface area contributed by atoms with Crippen LogP contribution in [0.2, 0.25) is 0 Å². The SMILES string of the molecule is CO[C@@H]1CN(C(=O)c2n[nH]c3ccccc23)C[C@H]1c1cn[nH]n1. The molecule has 2 atom stereocenters. The normalized spacial score (nSPS) is 21.2. The summed E-state index contributed by atoms with van der Waals surface area (Å²) in [7, 11) is 1.65. The Kier molecular flexibility index (Phi) is 3.30. The predicted molar refractivity (Wildman–Crippen MR) is 81.9 cm³/mol. The van der Waals surface area contributed by atoms with E-state index in [1.165, 1.54) is 0 Å². The summed E-state index contributed by atoms with van der Waals surface area (Å²) in [5, 5.41) is 18.5. The molecule has 1 aliphatic rings. The van der Waals surface area contributed by atoms with Gasteiger partial charge in [-0.3, -0.25) is 9.89 Å². The maximum Gasteiger partial charge on any atom is 0.275 e. The van der Waals surface area contributed by atoms with Crippen molar-refractivity contribution in [3.8, 4) is 0 Å². The summed E-state index contributed by atoms with van der Waals surface area (Å²) in [4.78, 5) is 14.6. The summed E-state index contributed by atoms with van der Waals surface area (Å²) in [6, 6.07) is 7.60. The van der Waals surface area contributed by atoms with Crippen LogP contribution in [0.25, 0.3) is 10.9 Å². The molecule has 4 rings (SSSR count). The van der Waals surface area contributed by atoms with Gasteiger partial charge in [0.2, 0.25) is 0 Å². The van der Waals surface area contributed by atoms with Gasteiger partial charge in [-0.15, -0.1) is 0 Å². The van der Waals surface area contributed by atoms with Gasteiger partial charge < -0.3 is 9.64 Å². The summed E-state index contributed by atoms with van der Waals surface area (Å²) >= 11 is 0. The Bertz CT molecular complexity index is 827. The van der Waals surface area contributed by atoms with Gasteiger partial charge in [0.05, 0.1) is 29.4 Å². The van der Waals surface area contributed by atoms with Crippen LogP contribution in [0.4, 0.5) is 0 Å². The molecule has 0 radical (unpaired) electrons. The van der Waals surface area contributed by atoms with Crippen LogP contribution in [0.5, 0.6) is 0 Å². The molecule has 0 bridgehead atoms. The van der Waals surface area contributed by atoms with Gasteiger partial charge in [-0.1, -0.05) is 18.2 Å². The molecule has 1 aromatic carbocycles. The van der Waals surface area contributed by atoms with Crippen LogP contribution in [-0.2, 0) is 4.74 Å². The van der Waals surface area contributed by atoms with Gasteiger partial charge in [0.15, 0.2) is 5.69 Å². The zero-order valence-corrected chi connectivity index (χ0v) is 12.6. The minimum atomic E-state index is -0.103. The highest BCUT2D eigenvalue weighted by Crippen LogP contribution is 2.29. The number of carbonyl (C=O) groups excluding carboxylic acids is 1. The molecular weight excluding hydrogens is 296 g/mol. The first-order valence-corrected chi connectivity index (χ1v) is 7.38. The molecule has 0 unspecified atom stereocenters. The van der Waals surface area contributed by atoms with Crippen LogP contribution in [0.15, 0.2) is 30.5 Å². The average molecular weight is 312 g/mol. The Hall–Kier alpha value is -2.74. The molecule has 8 nitrogen and oxygen atoms in total. The molecule has 1 aliphatic heterocycles. The zero-order valence-electron chi connectivity index (χ0n) is 12.6. The summed E-state index contributed by atoms with van der Waals surface area (Å²) < 4.78 is 5.53.